The summed E-state index contributed by atoms with van der Waals surface area (Å²) in [6.07, 6.45) is 9.16. The van der Waals surface area contributed by atoms with Crippen LogP contribution in [-0.2, 0) is 4.79 Å². The molecule has 0 aliphatic heterocycles. The molecule has 1 aliphatic rings. The Bertz CT molecular complexity index is 434. The van der Waals surface area contributed by atoms with E-state index in [-0.39, 0.29) is 17.1 Å². The highest BCUT2D eigenvalue weighted by atomic mass is 35.5. The van der Waals surface area contributed by atoms with Gasteiger partial charge >= 0.3 is 5.97 Å². The molecular weight excluding hydrogens is 240 g/mol. The van der Waals surface area contributed by atoms with Crippen molar-refractivity contribution in [3.05, 3.63) is 29.7 Å². The van der Waals surface area contributed by atoms with Crippen LogP contribution in [0.2, 0.25) is 5.28 Å². The maximum atomic E-state index is 11.6. The molecule has 5 heteroatoms. The van der Waals surface area contributed by atoms with Crippen molar-refractivity contribution in [3.63, 3.8) is 0 Å². The van der Waals surface area contributed by atoms with E-state index in [9.17, 15) is 4.79 Å². The Morgan fingerprint density at radius 1 is 1.53 bits per heavy atom. The first-order chi connectivity index (χ1) is 8.24. The fraction of sp³-hybridized carbons (Fsp3) is 0.417. The molecule has 0 fully saturated rings. The summed E-state index contributed by atoms with van der Waals surface area (Å²) in [6.45, 7) is 0. The lowest BCUT2D eigenvalue weighted by Crippen LogP contribution is -2.15. The lowest BCUT2D eigenvalue weighted by atomic mass is 9.92. The maximum Gasteiger partial charge on any atom is 0.312 e. The summed E-state index contributed by atoms with van der Waals surface area (Å²) in [5.41, 5.74) is 0. The zero-order chi connectivity index (χ0) is 12.1. The molecule has 0 spiro atoms. The minimum absolute atomic E-state index is 0.0795. The second-order valence-electron chi connectivity index (χ2n) is 3.99. The monoisotopic (exact) mass is 252 g/mol. The molecule has 0 aromatic carbocycles. The van der Waals surface area contributed by atoms with Gasteiger partial charge in [-0.1, -0.05) is 12.2 Å². The van der Waals surface area contributed by atoms with Gasteiger partial charge in [0.15, 0.2) is 0 Å². The SMILES string of the molecule is O=C(CC1CC=CCC1)Oc1ccnc(Cl)n1. The predicted octanol–water partition coefficient (Wildman–Crippen LogP) is 2.78. The van der Waals surface area contributed by atoms with Crippen molar-refractivity contribution in [1.29, 1.82) is 0 Å². The molecule has 17 heavy (non-hydrogen) atoms. The normalized spacial score (nSPS) is 19.0. The van der Waals surface area contributed by atoms with Crippen LogP contribution in [0.4, 0.5) is 0 Å². The fourth-order valence-electron chi connectivity index (χ4n) is 1.81. The van der Waals surface area contributed by atoms with Crippen LogP contribution in [0.1, 0.15) is 25.7 Å². The van der Waals surface area contributed by atoms with E-state index in [1.54, 1.807) is 0 Å². The third kappa shape index (κ3) is 3.82. The number of hydrogen-bond acceptors (Lipinski definition) is 4. The Morgan fingerprint density at radius 3 is 3.12 bits per heavy atom. The van der Waals surface area contributed by atoms with Crippen LogP contribution in [0.5, 0.6) is 5.88 Å². The van der Waals surface area contributed by atoms with Crippen molar-refractivity contribution in [2.45, 2.75) is 25.7 Å². The van der Waals surface area contributed by atoms with Crippen molar-refractivity contribution < 1.29 is 9.53 Å². The van der Waals surface area contributed by atoms with Crippen LogP contribution in [0.3, 0.4) is 0 Å². The van der Waals surface area contributed by atoms with E-state index in [1.807, 2.05) is 0 Å². The summed E-state index contributed by atoms with van der Waals surface area (Å²) in [4.78, 5) is 19.2. The molecule has 1 heterocycles. The van der Waals surface area contributed by atoms with E-state index in [2.05, 4.69) is 22.1 Å². The summed E-state index contributed by atoms with van der Waals surface area (Å²) >= 11 is 5.60. The summed E-state index contributed by atoms with van der Waals surface area (Å²) in [6, 6.07) is 1.52. The molecule has 2 rings (SSSR count). The Kier molecular flexibility index (Phi) is 4.09. The largest absolute Gasteiger partial charge is 0.407 e. The van der Waals surface area contributed by atoms with E-state index < -0.39 is 0 Å². The highest BCUT2D eigenvalue weighted by Gasteiger charge is 2.16. The number of carbonyl (C=O) groups excluding carboxylic acids is 1. The average molecular weight is 253 g/mol. The van der Waals surface area contributed by atoms with Crippen LogP contribution in [0.25, 0.3) is 0 Å². The first kappa shape index (κ1) is 12.0. The van der Waals surface area contributed by atoms with Gasteiger partial charge in [0.05, 0.1) is 0 Å². The first-order valence-electron chi connectivity index (χ1n) is 5.58. The molecule has 0 radical (unpaired) electrons. The molecular formula is C12H13ClN2O2. The molecule has 0 amide bonds. The molecule has 1 unspecified atom stereocenters. The number of esters is 1. The number of allylic oxidation sites excluding steroid dienone is 2. The van der Waals surface area contributed by atoms with Gasteiger partial charge in [-0.3, -0.25) is 4.79 Å². The summed E-state index contributed by atoms with van der Waals surface area (Å²) in [5, 5.41) is 0.0795. The molecule has 1 aromatic rings. The molecule has 1 aromatic heterocycles. The number of aromatic nitrogens is 2. The van der Waals surface area contributed by atoms with Crippen molar-refractivity contribution >= 4 is 17.6 Å². The number of hydrogen-bond donors (Lipinski definition) is 0. The maximum absolute atomic E-state index is 11.6. The first-order valence-corrected chi connectivity index (χ1v) is 5.96. The third-order valence-electron chi connectivity index (χ3n) is 2.65. The van der Waals surface area contributed by atoms with Gasteiger partial charge in [0.2, 0.25) is 11.2 Å². The smallest absolute Gasteiger partial charge is 0.312 e. The molecule has 4 nitrogen and oxygen atoms in total. The van der Waals surface area contributed by atoms with Gasteiger partial charge in [-0.2, -0.15) is 4.98 Å². The van der Waals surface area contributed by atoms with Gasteiger partial charge in [0.1, 0.15) is 0 Å². The number of rotatable bonds is 3. The number of nitrogens with zero attached hydrogens (tertiary/aromatic N) is 2. The van der Waals surface area contributed by atoms with Crippen molar-refractivity contribution in [2.75, 3.05) is 0 Å². The van der Waals surface area contributed by atoms with Crippen LogP contribution < -0.4 is 4.74 Å². The Labute approximate surface area is 105 Å². The number of carbonyl (C=O) groups is 1. The zero-order valence-corrected chi connectivity index (χ0v) is 10.1. The van der Waals surface area contributed by atoms with Crippen LogP contribution >= 0.6 is 11.6 Å². The van der Waals surface area contributed by atoms with E-state index in [4.69, 9.17) is 16.3 Å². The van der Waals surface area contributed by atoms with Gasteiger partial charge in [0, 0.05) is 18.7 Å². The highest BCUT2D eigenvalue weighted by molar-refractivity contribution is 6.28. The van der Waals surface area contributed by atoms with E-state index in [0.29, 0.717) is 12.3 Å². The number of ether oxygens (including phenoxy) is 1. The third-order valence-corrected chi connectivity index (χ3v) is 2.83. The van der Waals surface area contributed by atoms with Crippen LogP contribution in [0, 0.1) is 5.92 Å². The molecule has 90 valence electrons. The lowest BCUT2D eigenvalue weighted by Gasteiger charge is -2.16. The molecule has 0 N–H and O–H groups in total. The standard InChI is InChI=1S/C12H13ClN2O2/c13-12-14-7-6-10(15-12)17-11(16)8-9-4-2-1-3-5-9/h1-2,6-7,9H,3-5,8H2. The van der Waals surface area contributed by atoms with Crippen molar-refractivity contribution in [3.8, 4) is 5.88 Å². The minimum atomic E-state index is -0.264. The predicted molar refractivity (Wildman–Crippen MR) is 63.8 cm³/mol. The molecule has 1 aliphatic carbocycles. The van der Waals surface area contributed by atoms with Crippen molar-refractivity contribution in [2.24, 2.45) is 5.92 Å². The second kappa shape index (κ2) is 5.77. The Morgan fingerprint density at radius 2 is 2.41 bits per heavy atom. The number of halogens is 1. The van der Waals surface area contributed by atoms with Crippen molar-refractivity contribution in [1.82, 2.24) is 9.97 Å². The van der Waals surface area contributed by atoms with Gasteiger partial charge in [0.25, 0.3) is 0 Å². The molecule has 0 saturated heterocycles. The van der Waals surface area contributed by atoms with Crippen LogP contribution in [0.15, 0.2) is 24.4 Å². The Balaban J connectivity index is 1.86. The topological polar surface area (TPSA) is 52.1 Å². The van der Waals surface area contributed by atoms with E-state index in [0.717, 1.165) is 19.3 Å². The summed E-state index contributed by atoms with van der Waals surface area (Å²) in [5.74, 6) is 0.325. The fourth-order valence-corrected chi connectivity index (χ4v) is 1.95. The average Bonchev–Trinajstić information content (AvgIpc) is 2.30. The minimum Gasteiger partial charge on any atom is -0.407 e. The summed E-state index contributed by atoms with van der Waals surface area (Å²) < 4.78 is 5.10. The molecule has 0 saturated carbocycles. The zero-order valence-electron chi connectivity index (χ0n) is 9.30. The lowest BCUT2D eigenvalue weighted by molar-refractivity contribution is -0.135. The Hall–Kier alpha value is -1.42. The second-order valence-corrected chi connectivity index (χ2v) is 4.33. The van der Waals surface area contributed by atoms with Gasteiger partial charge in [-0.15, -0.1) is 0 Å². The van der Waals surface area contributed by atoms with Gasteiger partial charge < -0.3 is 4.74 Å². The van der Waals surface area contributed by atoms with Gasteiger partial charge in [-0.05, 0) is 36.8 Å². The van der Waals surface area contributed by atoms with Crippen LogP contribution in [-0.4, -0.2) is 15.9 Å². The molecule has 0 bridgehead atoms. The van der Waals surface area contributed by atoms with E-state index >= 15 is 0 Å². The molecule has 1 atom stereocenters. The van der Waals surface area contributed by atoms with E-state index in [1.165, 1.54) is 12.3 Å². The van der Waals surface area contributed by atoms with Gasteiger partial charge in [-0.25, -0.2) is 4.98 Å². The summed E-state index contributed by atoms with van der Waals surface area (Å²) in [7, 11) is 0. The highest BCUT2D eigenvalue weighted by Crippen LogP contribution is 2.22. The quantitative estimate of drug-likeness (QED) is 0.472.